The summed E-state index contributed by atoms with van der Waals surface area (Å²) in [6.07, 6.45) is 3.44. The summed E-state index contributed by atoms with van der Waals surface area (Å²) in [6, 6.07) is 6.40. The lowest BCUT2D eigenvalue weighted by Gasteiger charge is -2.15. The highest BCUT2D eigenvalue weighted by molar-refractivity contribution is 5.94. The summed E-state index contributed by atoms with van der Waals surface area (Å²) in [6.45, 7) is 7.36. The van der Waals surface area contributed by atoms with Crippen molar-refractivity contribution in [1.82, 2.24) is 10.6 Å². The lowest BCUT2D eigenvalue weighted by atomic mass is 10.0. The molecule has 0 saturated heterocycles. The van der Waals surface area contributed by atoms with Crippen LogP contribution in [0.2, 0.25) is 0 Å². The molecule has 0 fully saturated rings. The SMILES string of the molecule is CC(C)CCCC(C)NC(N)=NCCNC(=O)c1ccc(O)cc1. The predicted octanol–water partition coefficient (Wildman–Crippen LogP) is 2.24. The molecule has 1 aromatic carbocycles. The lowest BCUT2D eigenvalue weighted by Crippen LogP contribution is -2.39. The molecule has 0 spiro atoms. The molecule has 1 rings (SSSR count). The molecule has 0 radical (unpaired) electrons. The van der Waals surface area contributed by atoms with Crippen molar-refractivity contribution in [3.63, 3.8) is 0 Å². The summed E-state index contributed by atoms with van der Waals surface area (Å²) in [4.78, 5) is 16.1. The number of hydrogen-bond donors (Lipinski definition) is 4. The Labute approximate surface area is 144 Å². The topological polar surface area (TPSA) is 99.7 Å². The molecule has 0 bridgehead atoms. The van der Waals surface area contributed by atoms with Crippen LogP contribution in [-0.2, 0) is 0 Å². The molecule has 0 aliphatic heterocycles. The van der Waals surface area contributed by atoms with E-state index < -0.39 is 0 Å². The largest absolute Gasteiger partial charge is 0.508 e. The van der Waals surface area contributed by atoms with Gasteiger partial charge in [-0.15, -0.1) is 0 Å². The molecule has 0 saturated carbocycles. The monoisotopic (exact) mass is 334 g/mol. The van der Waals surface area contributed by atoms with Gasteiger partial charge in [-0.05, 0) is 43.5 Å². The maximum atomic E-state index is 11.9. The van der Waals surface area contributed by atoms with Gasteiger partial charge in [-0.2, -0.15) is 0 Å². The first kappa shape index (κ1) is 19.8. The predicted molar refractivity (Wildman–Crippen MR) is 98.2 cm³/mol. The van der Waals surface area contributed by atoms with Crippen LogP contribution in [0.3, 0.4) is 0 Å². The third-order valence-electron chi connectivity index (χ3n) is 3.62. The summed E-state index contributed by atoms with van der Waals surface area (Å²) < 4.78 is 0. The zero-order chi connectivity index (χ0) is 17.9. The summed E-state index contributed by atoms with van der Waals surface area (Å²) in [5.41, 5.74) is 6.35. The number of aromatic hydroxyl groups is 1. The van der Waals surface area contributed by atoms with Gasteiger partial charge in [-0.3, -0.25) is 9.79 Å². The Bertz CT molecular complexity index is 526. The first-order valence-corrected chi connectivity index (χ1v) is 8.52. The zero-order valence-electron chi connectivity index (χ0n) is 14.9. The maximum Gasteiger partial charge on any atom is 0.251 e. The van der Waals surface area contributed by atoms with Crippen molar-refractivity contribution in [3.8, 4) is 5.75 Å². The van der Waals surface area contributed by atoms with Crippen molar-refractivity contribution in [2.75, 3.05) is 13.1 Å². The summed E-state index contributed by atoms with van der Waals surface area (Å²) >= 11 is 0. The number of nitrogens with zero attached hydrogens (tertiary/aromatic N) is 1. The average Bonchev–Trinajstić information content (AvgIpc) is 2.51. The minimum Gasteiger partial charge on any atom is -0.508 e. The van der Waals surface area contributed by atoms with E-state index in [1.807, 2.05) is 0 Å². The Morgan fingerprint density at radius 1 is 1.21 bits per heavy atom. The molecule has 1 atom stereocenters. The highest BCUT2D eigenvalue weighted by atomic mass is 16.3. The Morgan fingerprint density at radius 2 is 1.88 bits per heavy atom. The van der Waals surface area contributed by atoms with Crippen LogP contribution < -0.4 is 16.4 Å². The van der Waals surface area contributed by atoms with Crippen LogP contribution in [0.4, 0.5) is 0 Å². The van der Waals surface area contributed by atoms with Crippen LogP contribution in [0.5, 0.6) is 5.75 Å². The number of phenolic OH excluding ortho intramolecular Hbond substituents is 1. The van der Waals surface area contributed by atoms with E-state index in [2.05, 4.69) is 36.4 Å². The minimum absolute atomic E-state index is 0.137. The maximum absolute atomic E-state index is 11.9. The van der Waals surface area contributed by atoms with Crippen LogP contribution in [0.25, 0.3) is 0 Å². The van der Waals surface area contributed by atoms with Gasteiger partial charge in [0, 0.05) is 18.2 Å². The second-order valence-electron chi connectivity index (χ2n) is 6.44. The average molecular weight is 334 g/mol. The van der Waals surface area contributed by atoms with E-state index in [9.17, 15) is 9.90 Å². The fraction of sp³-hybridized carbons (Fsp3) is 0.556. The number of carbonyl (C=O) groups excluding carboxylic acids is 1. The molecule has 0 aromatic heterocycles. The summed E-state index contributed by atoms with van der Waals surface area (Å²) in [5, 5.41) is 15.1. The fourth-order valence-corrected chi connectivity index (χ4v) is 2.26. The highest BCUT2D eigenvalue weighted by Crippen LogP contribution is 2.09. The number of nitrogens with one attached hydrogen (secondary N) is 2. The third kappa shape index (κ3) is 8.41. The molecule has 5 N–H and O–H groups in total. The molecular weight excluding hydrogens is 304 g/mol. The van der Waals surface area contributed by atoms with Crippen LogP contribution in [0.15, 0.2) is 29.3 Å². The number of hydrogen-bond acceptors (Lipinski definition) is 3. The molecule has 1 aromatic rings. The number of carbonyl (C=O) groups is 1. The molecule has 24 heavy (non-hydrogen) atoms. The van der Waals surface area contributed by atoms with Crippen molar-refractivity contribution in [1.29, 1.82) is 0 Å². The summed E-state index contributed by atoms with van der Waals surface area (Å²) in [5.74, 6) is 1.07. The molecular formula is C18H30N4O2. The number of phenols is 1. The van der Waals surface area contributed by atoms with Gasteiger partial charge in [-0.25, -0.2) is 0 Å². The smallest absolute Gasteiger partial charge is 0.251 e. The molecule has 1 amide bonds. The second kappa shape index (κ2) is 10.5. The fourth-order valence-electron chi connectivity index (χ4n) is 2.26. The van der Waals surface area contributed by atoms with Crippen molar-refractivity contribution >= 4 is 11.9 Å². The molecule has 134 valence electrons. The van der Waals surface area contributed by atoms with E-state index in [1.165, 1.54) is 25.0 Å². The first-order chi connectivity index (χ1) is 11.4. The zero-order valence-corrected chi connectivity index (χ0v) is 14.9. The van der Waals surface area contributed by atoms with E-state index in [0.29, 0.717) is 30.7 Å². The minimum atomic E-state index is -0.196. The van der Waals surface area contributed by atoms with Crippen molar-refractivity contribution in [2.24, 2.45) is 16.6 Å². The Hall–Kier alpha value is -2.24. The molecule has 1 unspecified atom stereocenters. The standard InChI is InChI=1S/C18H30N4O2/c1-13(2)5-4-6-14(3)22-18(19)21-12-11-20-17(24)15-7-9-16(23)10-8-15/h7-10,13-14,23H,4-6,11-12H2,1-3H3,(H,20,24)(H3,19,21,22). The molecule has 0 heterocycles. The van der Waals surface area contributed by atoms with E-state index in [1.54, 1.807) is 12.1 Å². The number of nitrogens with two attached hydrogens (primary N) is 1. The molecule has 6 heteroatoms. The number of benzene rings is 1. The van der Waals surface area contributed by atoms with E-state index >= 15 is 0 Å². The van der Waals surface area contributed by atoms with Gasteiger partial charge >= 0.3 is 0 Å². The molecule has 0 aliphatic rings. The third-order valence-corrected chi connectivity index (χ3v) is 3.62. The van der Waals surface area contributed by atoms with Crippen LogP contribution in [0, 0.1) is 5.92 Å². The number of guanidine groups is 1. The Morgan fingerprint density at radius 3 is 2.50 bits per heavy atom. The van der Waals surface area contributed by atoms with Gasteiger partial charge in [0.2, 0.25) is 0 Å². The Kier molecular flexibility index (Phi) is 8.68. The van der Waals surface area contributed by atoms with Crippen molar-refractivity contribution < 1.29 is 9.90 Å². The van der Waals surface area contributed by atoms with E-state index in [0.717, 1.165) is 12.3 Å². The van der Waals surface area contributed by atoms with Crippen LogP contribution in [0.1, 0.15) is 50.4 Å². The van der Waals surface area contributed by atoms with E-state index in [-0.39, 0.29) is 11.7 Å². The van der Waals surface area contributed by atoms with Crippen LogP contribution >= 0.6 is 0 Å². The van der Waals surface area contributed by atoms with Crippen molar-refractivity contribution in [2.45, 2.75) is 46.1 Å². The highest BCUT2D eigenvalue weighted by Gasteiger charge is 2.05. The summed E-state index contributed by atoms with van der Waals surface area (Å²) in [7, 11) is 0. The van der Waals surface area contributed by atoms with Gasteiger partial charge in [0.25, 0.3) is 5.91 Å². The molecule has 0 aliphatic carbocycles. The van der Waals surface area contributed by atoms with Gasteiger partial charge in [0.1, 0.15) is 5.75 Å². The number of rotatable bonds is 9. The van der Waals surface area contributed by atoms with Gasteiger partial charge in [0.05, 0.1) is 6.54 Å². The Balaban J connectivity index is 2.23. The quantitative estimate of drug-likeness (QED) is 0.316. The lowest BCUT2D eigenvalue weighted by molar-refractivity contribution is 0.0955. The van der Waals surface area contributed by atoms with Gasteiger partial charge in [0.15, 0.2) is 5.96 Å². The van der Waals surface area contributed by atoms with E-state index in [4.69, 9.17) is 5.73 Å². The van der Waals surface area contributed by atoms with Crippen molar-refractivity contribution in [3.05, 3.63) is 29.8 Å². The van der Waals surface area contributed by atoms with Gasteiger partial charge in [-0.1, -0.05) is 26.7 Å². The van der Waals surface area contributed by atoms with Crippen LogP contribution in [-0.4, -0.2) is 36.1 Å². The normalized spacial score (nSPS) is 12.9. The molecule has 6 nitrogen and oxygen atoms in total. The van der Waals surface area contributed by atoms with Gasteiger partial charge < -0.3 is 21.5 Å². The first-order valence-electron chi connectivity index (χ1n) is 8.52. The number of aliphatic imine (C=N–C) groups is 1. The second-order valence-corrected chi connectivity index (χ2v) is 6.44. The number of amides is 1.